The van der Waals surface area contributed by atoms with E-state index >= 15 is 0 Å². The molecule has 0 saturated carbocycles. The normalized spacial score (nSPS) is 13.9. The third-order valence-corrected chi connectivity index (χ3v) is 6.01. The van der Waals surface area contributed by atoms with Gasteiger partial charge in [0.2, 0.25) is 5.91 Å². The standard InChI is InChI=1S/C22H25N3O2S/c1-16-9-10-20(27-16)22-23-18(15-28-22)13-21(26)24(2)14-17-7-3-4-8-19(17)25-11-5-6-12-25/h3-4,7-10,15H,5-6,11-14H2,1-2H3. The Bertz CT molecular complexity index is 956. The molecule has 3 heterocycles. The molecule has 1 aliphatic heterocycles. The van der Waals surface area contributed by atoms with Crippen LogP contribution in [0.1, 0.15) is 29.9 Å². The second kappa shape index (κ2) is 8.19. The van der Waals surface area contributed by atoms with Gasteiger partial charge in [-0.2, -0.15) is 0 Å². The molecule has 1 fully saturated rings. The fraction of sp³-hybridized carbons (Fsp3) is 0.364. The van der Waals surface area contributed by atoms with Gasteiger partial charge in [-0.1, -0.05) is 18.2 Å². The summed E-state index contributed by atoms with van der Waals surface area (Å²) in [7, 11) is 1.87. The fourth-order valence-electron chi connectivity index (χ4n) is 3.60. The molecule has 5 nitrogen and oxygen atoms in total. The van der Waals surface area contributed by atoms with Crippen molar-refractivity contribution in [3.8, 4) is 10.8 Å². The van der Waals surface area contributed by atoms with Crippen LogP contribution >= 0.6 is 11.3 Å². The number of anilines is 1. The van der Waals surface area contributed by atoms with Crippen molar-refractivity contribution >= 4 is 22.9 Å². The van der Waals surface area contributed by atoms with Crippen molar-refractivity contribution in [2.75, 3.05) is 25.0 Å². The lowest BCUT2D eigenvalue weighted by molar-refractivity contribution is -0.129. The van der Waals surface area contributed by atoms with Crippen LogP contribution in [0.4, 0.5) is 5.69 Å². The first kappa shape index (κ1) is 18.7. The summed E-state index contributed by atoms with van der Waals surface area (Å²) >= 11 is 1.51. The lowest BCUT2D eigenvalue weighted by Crippen LogP contribution is -2.29. The highest BCUT2D eigenvalue weighted by molar-refractivity contribution is 7.13. The van der Waals surface area contributed by atoms with Gasteiger partial charge in [0.1, 0.15) is 5.76 Å². The van der Waals surface area contributed by atoms with Gasteiger partial charge in [0.25, 0.3) is 0 Å². The zero-order valence-electron chi connectivity index (χ0n) is 16.4. The van der Waals surface area contributed by atoms with Gasteiger partial charge in [-0.05, 0) is 43.5 Å². The molecule has 0 radical (unpaired) electrons. The molecule has 0 aliphatic carbocycles. The molecular formula is C22H25N3O2S. The Balaban J connectivity index is 1.41. The minimum Gasteiger partial charge on any atom is -0.459 e. The number of nitrogens with zero attached hydrogens (tertiary/aromatic N) is 3. The summed E-state index contributed by atoms with van der Waals surface area (Å²) in [5.74, 6) is 1.69. The minimum atomic E-state index is 0.0729. The van der Waals surface area contributed by atoms with Gasteiger partial charge in [0.05, 0.1) is 12.1 Å². The number of aromatic nitrogens is 1. The summed E-state index contributed by atoms with van der Waals surface area (Å²) in [6, 6.07) is 12.3. The number of likely N-dealkylation sites (N-methyl/N-ethyl adjacent to an activating group) is 1. The zero-order valence-corrected chi connectivity index (χ0v) is 17.2. The Morgan fingerprint density at radius 1 is 1.21 bits per heavy atom. The summed E-state index contributed by atoms with van der Waals surface area (Å²) in [4.78, 5) is 21.5. The number of carbonyl (C=O) groups excluding carboxylic acids is 1. The van der Waals surface area contributed by atoms with Crippen molar-refractivity contribution in [3.63, 3.8) is 0 Å². The maximum atomic E-state index is 12.8. The van der Waals surface area contributed by atoms with Gasteiger partial charge in [0, 0.05) is 37.7 Å². The molecule has 0 spiro atoms. The van der Waals surface area contributed by atoms with E-state index in [1.54, 1.807) is 4.90 Å². The molecule has 2 aromatic heterocycles. The van der Waals surface area contributed by atoms with Gasteiger partial charge in [-0.3, -0.25) is 4.79 Å². The van der Waals surface area contributed by atoms with Crippen LogP contribution in [0.2, 0.25) is 0 Å². The first-order valence-electron chi connectivity index (χ1n) is 9.68. The van der Waals surface area contributed by atoms with Crippen LogP contribution in [-0.4, -0.2) is 35.9 Å². The molecule has 3 aromatic rings. The monoisotopic (exact) mass is 395 g/mol. The van der Waals surface area contributed by atoms with E-state index in [0.717, 1.165) is 35.3 Å². The predicted octanol–water partition coefficient (Wildman–Crippen LogP) is 4.51. The second-order valence-corrected chi connectivity index (χ2v) is 8.16. The summed E-state index contributed by atoms with van der Waals surface area (Å²) < 4.78 is 5.62. The number of carbonyl (C=O) groups is 1. The van der Waals surface area contributed by atoms with Gasteiger partial charge in [-0.25, -0.2) is 4.98 Å². The van der Waals surface area contributed by atoms with Gasteiger partial charge in [-0.15, -0.1) is 11.3 Å². The molecular weight excluding hydrogens is 370 g/mol. The van der Waals surface area contributed by atoms with E-state index in [4.69, 9.17) is 4.42 Å². The van der Waals surface area contributed by atoms with Crippen molar-refractivity contribution in [2.24, 2.45) is 0 Å². The SMILES string of the molecule is Cc1ccc(-c2nc(CC(=O)N(C)Cc3ccccc3N3CCCC3)cs2)o1. The van der Waals surface area contributed by atoms with Crippen LogP contribution in [0.5, 0.6) is 0 Å². The average molecular weight is 396 g/mol. The van der Waals surface area contributed by atoms with E-state index in [-0.39, 0.29) is 5.91 Å². The largest absolute Gasteiger partial charge is 0.459 e. The first-order chi connectivity index (χ1) is 13.6. The molecule has 28 heavy (non-hydrogen) atoms. The lowest BCUT2D eigenvalue weighted by Gasteiger charge is -2.24. The number of amides is 1. The molecule has 0 unspecified atom stereocenters. The maximum absolute atomic E-state index is 12.8. The number of furan rings is 1. The predicted molar refractivity (Wildman–Crippen MR) is 113 cm³/mol. The molecule has 0 N–H and O–H groups in total. The van der Waals surface area contributed by atoms with Crippen LogP contribution in [-0.2, 0) is 17.8 Å². The van der Waals surface area contributed by atoms with E-state index in [9.17, 15) is 4.79 Å². The average Bonchev–Trinajstić information content (AvgIpc) is 3.43. The molecule has 146 valence electrons. The van der Waals surface area contributed by atoms with Crippen molar-refractivity contribution in [1.29, 1.82) is 0 Å². The number of para-hydroxylation sites is 1. The molecule has 1 aromatic carbocycles. The summed E-state index contributed by atoms with van der Waals surface area (Å²) in [5, 5.41) is 2.76. The van der Waals surface area contributed by atoms with Crippen molar-refractivity contribution in [3.05, 3.63) is 58.8 Å². The highest BCUT2D eigenvalue weighted by Gasteiger charge is 2.18. The van der Waals surface area contributed by atoms with Crippen molar-refractivity contribution in [2.45, 2.75) is 32.7 Å². The molecule has 1 aliphatic rings. The maximum Gasteiger partial charge on any atom is 0.228 e. The topological polar surface area (TPSA) is 49.6 Å². The Kier molecular flexibility index (Phi) is 5.48. The number of benzene rings is 1. The van der Waals surface area contributed by atoms with E-state index in [1.165, 1.54) is 35.4 Å². The molecule has 6 heteroatoms. The highest BCUT2D eigenvalue weighted by atomic mass is 32.1. The van der Waals surface area contributed by atoms with E-state index < -0.39 is 0 Å². The van der Waals surface area contributed by atoms with Gasteiger partial charge in [0.15, 0.2) is 10.8 Å². The van der Waals surface area contributed by atoms with Gasteiger partial charge >= 0.3 is 0 Å². The molecule has 1 amide bonds. The van der Waals surface area contributed by atoms with Crippen LogP contribution in [0.15, 0.2) is 46.2 Å². The number of hydrogen-bond donors (Lipinski definition) is 0. The van der Waals surface area contributed by atoms with Crippen LogP contribution in [0.3, 0.4) is 0 Å². The number of hydrogen-bond acceptors (Lipinski definition) is 5. The highest BCUT2D eigenvalue weighted by Crippen LogP contribution is 2.27. The third kappa shape index (κ3) is 4.12. The number of thiazole rings is 1. The number of aryl methyl sites for hydroxylation is 1. The molecule has 0 atom stereocenters. The molecule has 4 rings (SSSR count). The van der Waals surface area contributed by atoms with E-state index in [0.29, 0.717) is 13.0 Å². The summed E-state index contributed by atoms with van der Waals surface area (Å²) in [6.07, 6.45) is 2.79. The Morgan fingerprint density at radius 3 is 2.75 bits per heavy atom. The summed E-state index contributed by atoms with van der Waals surface area (Å²) in [5.41, 5.74) is 3.24. The smallest absolute Gasteiger partial charge is 0.228 e. The van der Waals surface area contributed by atoms with Crippen LogP contribution in [0, 0.1) is 6.92 Å². The second-order valence-electron chi connectivity index (χ2n) is 7.30. The summed E-state index contributed by atoms with van der Waals surface area (Å²) in [6.45, 7) is 4.72. The Morgan fingerprint density at radius 2 is 2.00 bits per heavy atom. The number of rotatable bonds is 6. The first-order valence-corrected chi connectivity index (χ1v) is 10.6. The van der Waals surface area contributed by atoms with Gasteiger partial charge < -0.3 is 14.2 Å². The van der Waals surface area contributed by atoms with Crippen molar-refractivity contribution in [1.82, 2.24) is 9.88 Å². The zero-order chi connectivity index (χ0) is 19.5. The molecule has 1 saturated heterocycles. The Hall–Kier alpha value is -2.60. The van der Waals surface area contributed by atoms with E-state index in [1.807, 2.05) is 37.6 Å². The van der Waals surface area contributed by atoms with E-state index in [2.05, 4.69) is 28.1 Å². The fourth-order valence-corrected chi connectivity index (χ4v) is 4.37. The third-order valence-electron chi connectivity index (χ3n) is 5.11. The quantitative estimate of drug-likeness (QED) is 0.616. The lowest BCUT2D eigenvalue weighted by atomic mass is 10.1. The minimum absolute atomic E-state index is 0.0729. The Labute approximate surface area is 169 Å². The van der Waals surface area contributed by atoms with Crippen molar-refractivity contribution < 1.29 is 9.21 Å². The molecule has 0 bridgehead atoms. The van der Waals surface area contributed by atoms with Crippen LogP contribution < -0.4 is 4.90 Å². The van der Waals surface area contributed by atoms with Crippen LogP contribution in [0.25, 0.3) is 10.8 Å².